The molecular weight excluding hydrogens is 268 g/mol. The Hall–Kier alpha value is 0.647. The summed E-state index contributed by atoms with van der Waals surface area (Å²) in [5, 5.41) is 6.30. The molecule has 0 rings (SSSR count). The minimum atomic E-state index is -2.24. The topological polar surface area (TPSA) is 37.3 Å². The zero-order valence-corrected chi connectivity index (χ0v) is 9.20. The summed E-state index contributed by atoms with van der Waals surface area (Å²) >= 11 is 6.33. The monoisotopic (exact) mass is 274 g/mol. The van der Waals surface area contributed by atoms with Gasteiger partial charge < -0.3 is 5.11 Å². The summed E-state index contributed by atoms with van der Waals surface area (Å²) in [7, 11) is 0. The maximum Gasteiger partial charge on any atom is 0.322 e. The van der Waals surface area contributed by atoms with Gasteiger partial charge in [0.05, 0.1) is 0 Å². The number of carboxylic acid groups (broad SMARTS) is 1. The third-order valence-corrected chi connectivity index (χ3v) is 7.04. The number of halogens is 2. The van der Waals surface area contributed by atoms with Crippen LogP contribution in [0.4, 0.5) is 4.79 Å². The van der Waals surface area contributed by atoms with Gasteiger partial charge >= 0.3 is 5.31 Å². The third kappa shape index (κ3) is 3.37. The Kier molecular flexibility index (Phi) is 4.00. The molecule has 0 fully saturated rings. The number of carbonyl (C=O) groups is 1. The van der Waals surface area contributed by atoms with Crippen molar-refractivity contribution in [3.63, 3.8) is 0 Å². The molecule has 0 aliphatic rings. The minimum absolute atomic E-state index is 0.725. The average molecular weight is 276 g/mol. The number of hydrogen-bond acceptors (Lipinski definition) is 1. The lowest BCUT2D eigenvalue weighted by molar-refractivity contribution is 0.219. The Morgan fingerprint density at radius 1 is 1.67 bits per heavy atom. The standard InChI is InChI=1S/C4H8Br2O2Si/c1-2-3-9(5,6)4(7)8/h2-3H2,1H3,(H,7,8). The van der Waals surface area contributed by atoms with E-state index in [1.165, 1.54) is 0 Å². The van der Waals surface area contributed by atoms with Crippen LogP contribution in [0.3, 0.4) is 0 Å². The van der Waals surface area contributed by atoms with Gasteiger partial charge in [-0.3, -0.25) is 4.79 Å². The molecule has 0 saturated heterocycles. The summed E-state index contributed by atoms with van der Waals surface area (Å²) in [6, 6.07) is 0.725. The summed E-state index contributed by atoms with van der Waals surface area (Å²) in [5.74, 6) is 0. The van der Waals surface area contributed by atoms with Crippen molar-refractivity contribution in [2.24, 2.45) is 0 Å². The van der Waals surface area contributed by atoms with Gasteiger partial charge in [-0.05, 0) is 6.04 Å². The van der Waals surface area contributed by atoms with Crippen LogP contribution in [0.1, 0.15) is 13.3 Å². The maximum absolute atomic E-state index is 10.4. The lowest BCUT2D eigenvalue weighted by atomic mass is 10.6. The fraction of sp³-hybridized carbons (Fsp3) is 0.750. The Morgan fingerprint density at radius 3 is 2.22 bits per heavy atom. The first kappa shape index (κ1) is 9.65. The molecule has 0 atom stereocenters. The predicted molar refractivity (Wildman–Crippen MR) is 46.7 cm³/mol. The molecule has 0 aliphatic heterocycles. The first-order valence-electron chi connectivity index (χ1n) is 2.62. The van der Waals surface area contributed by atoms with E-state index in [9.17, 15) is 4.79 Å². The van der Waals surface area contributed by atoms with Crippen LogP contribution in [-0.4, -0.2) is 16.0 Å². The lowest BCUT2D eigenvalue weighted by Crippen LogP contribution is -2.28. The van der Waals surface area contributed by atoms with E-state index in [1.807, 2.05) is 6.92 Å². The molecule has 9 heavy (non-hydrogen) atoms. The Morgan fingerprint density at radius 2 is 2.11 bits per heavy atom. The average Bonchev–Trinajstić information content (AvgIpc) is 1.65. The Bertz CT molecular complexity index is 115. The molecule has 0 spiro atoms. The van der Waals surface area contributed by atoms with E-state index in [0.29, 0.717) is 0 Å². The Balaban J connectivity index is 3.85. The van der Waals surface area contributed by atoms with Crippen molar-refractivity contribution < 1.29 is 9.90 Å². The normalized spacial score (nSPS) is 11.4. The molecule has 2 nitrogen and oxygen atoms in total. The molecule has 0 aromatic rings. The van der Waals surface area contributed by atoms with Crippen LogP contribution in [0.15, 0.2) is 0 Å². The van der Waals surface area contributed by atoms with Gasteiger partial charge in [0.2, 0.25) is 0 Å². The van der Waals surface area contributed by atoms with Crippen LogP contribution < -0.4 is 0 Å². The molecule has 0 radical (unpaired) electrons. The summed E-state index contributed by atoms with van der Waals surface area (Å²) in [4.78, 5) is 10.4. The van der Waals surface area contributed by atoms with Crippen LogP contribution in [0.5, 0.6) is 0 Å². The van der Waals surface area contributed by atoms with Crippen molar-refractivity contribution in [1.82, 2.24) is 0 Å². The highest BCUT2D eigenvalue weighted by Crippen LogP contribution is 2.27. The molecule has 0 aliphatic carbocycles. The first-order chi connectivity index (χ1) is 4.00. The predicted octanol–water partition coefficient (Wildman–Crippen LogP) is 2.89. The molecule has 54 valence electrons. The van der Waals surface area contributed by atoms with E-state index in [-0.39, 0.29) is 0 Å². The van der Waals surface area contributed by atoms with Gasteiger partial charge in [0.15, 0.2) is 0 Å². The molecule has 1 N–H and O–H groups in total. The van der Waals surface area contributed by atoms with E-state index >= 15 is 0 Å². The van der Waals surface area contributed by atoms with Gasteiger partial charge in [-0.2, -0.15) is 0 Å². The van der Waals surface area contributed by atoms with Crippen molar-refractivity contribution in [2.45, 2.75) is 19.4 Å². The smallest absolute Gasteiger partial charge is 0.322 e. The molecule has 0 bridgehead atoms. The minimum Gasteiger partial charge on any atom is -0.484 e. The molecule has 0 unspecified atom stereocenters. The van der Waals surface area contributed by atoms with Crippen molar-refractivity contribution in [3.05, 3.63) is 0 Å². The number of hydrogen-bond donors (Lipinski definition) is 1. The van der Waals surface area contributed by atoms with E-state index < -0.39 is 10.9 Å². The van der Waals surface area contributed by atoms with E-state index in [2.05, 4.69) is 30.6 Å². The zero-order valence-electron chi connectivity index (χ0n) is 5.03. The largest absolute Gasteiger partial charge is 0.484 e. The molecule has 0 heterocycles. The first-order valence-corrected chi connectivity index (χ1v) is 9.34. The quantitative estimate of drug-likeness (QED) is 0.635. The summed E-state index contributed by atoms with van der Waals surface area (Å²) in [6.45, 7) is 1.97. The zero-order chi connectivity index (χ0) is 7.49. The van der Waals surface area contributed by atoms with Crippen molar-refractivity contribution in [2.75, 3.05) is 0 Å². The summed E-state index contributed by atoms with van der Waals surface area (Å²) in [6.07, 6.45) is 0.898. The van der Waals surface area contributed by atoms with E-state index in [4.69, 9.17) is 5.11 Å². The van der Waals surface area contributed by atoms with E-state index in [1.54, 1.807) is 0 Å². The maximum atomic E-state index is 10.4. The van der Waals surface area contributed by atoms with E-state index in [0.717, 1.165) is 12.5 Å². The Labute approximate surface area is 70.8 Å². The van der Waals surface area contributed by atoms with Gasteiger partial charge in [-0.25, -0.2) is 0 Å². The molecule has 0 aromatic heterocycles. The second-order valence-electron chi connectivity index (χ2n) is 1.76. The van der Waals surface area contributed by atoms with Crippen LogP contribution in [0.2, 0.25) is 6.04 Å². The van der Waals surface area contributed by atoms with Crippen molar-refractivity contribution in [3.8, 4) is 0 Å². The van der Waals surface area contributed by atoms with Crippen molar-refractivity contribution in [1.29, 1.82) is 0 Å². The van der Waals surface area contributed by atoms with Crippen LogP contribution >= 0.6 is 30.6 Å². The second kappa shape index (κ2) is 3.73. The van der Waals surface area contributed by atoms with Gasteiger partial charge in [0.1, 0.15) is 0 Å². The van der Waals surface area contributed by atoms with Crippen LogP contribution in [-0.2, 0) is 0 Å². The SMILES string of the molecule is CCC[Si](Br)(Br)C(=O)O. The third-order valence-electron chi connectivity index (χ3n) is 0.877. The lowest BCUT2D eigenvalue weighted by Gasteiger charge is -2.08. The highest BCUT2D eigenvalue weighted by Gasteiger charge is 2.35. The highest BCUT2D eigenvalue weighted by atomic mass is 79.9. The molecule has 0 saturated carbocycles. The highest BCUT2D eigenvalue weighted by molar-refractivity contribution is 9.52. The van der Waals surface area contributed by atoms with Crippen LogP contribution in [0.25, 0.3) is 0 Å². The molecular formula is C4H8Br2O2Si. The van der Waals surface area contributed by atoms with Crippen molar-refractivity contribution >= 4 is 41.5 Å². The summed E-state index contributed by atoms with van der Waals surface area (Å²) in [5.41, 5.74) is -0.732. The van der Waals surface area contributed by atoms with Gasteiger partial charge in [-0.15, -0.1) is 0 Å². The molecule has 5 heteroatoms. The van der Waals surface area contributed by atoms with Gasteiger partial charge in [0.25, 0.3) is 5.59 Å². The van der Waals surface area contributed by atoms with Gasteiger partial charge in [0, 0.05) is 0 Å². The molecule has 0 amide bonds. The fourth-order valence-corrected chi connectivity index (χ4v) is 3.64. The second-order valence-corrected chi connectivity index (χ2v) is 15.4. The fourth-order valence-electron chi connectivity index (χ4n) is 0.421. The van der Waals surface area contributed by atoms with Crippen LogP contribution in [0, 0.1) is 0 Å². The summed E-state index contributed by atoms with van der Waals surface area (Å²) < 4.78 is 0. The van der Waals surface area contributed by atoms with Gasteiger partial charge in [-0.1, -0.05) is 43.9 Å². The molecule has 0 aromatic carbocycles. The number of rotatable bonds is 3.